The van der Waals surface area contributed by atoms with Crippen LogP contribution in [0.25, 0.3) is 0 Å². The lowest BCUT2D eigenvalue weighted by atomic mass is 10.1. The van der Waals surface area contributed by atoms with Crippen LogP contribution in [0.4, 0.5) is 0 Å². The molecule has 0 saturated carbocycles. The Morgan fingerprint density at radius 1 is 1.62 bits per heavy atom. The Balaban J connectivity index is 2.38. The van der Waals surface area contributed by atoms with E-state index in [2.05, 4.69) is 16.6 Å². The normalized spacial score (nSPS) is 9.38. The van der Waals surface area contributed by atoms with Crippen molar-refractivity contribution in [3.63, 3.8) is 0 Å². The van der Waals surface area contributed by atoms with Gasteiger partial charge < -0.3 is 9.84 Å². The molecule has 0 fully saturated rings. The number of hydrogen-bond donors (Lipinski definition) is 1. The van der Waals surface area contributed by atoms with Crippen molar-refractivity contribution < 1.29 is 14.6 Å². The fourth-order valence-electron chi connectivity index (χ4n) is 1.23. The number of carbonyl (C=O) groups is 1. The fourth-order valence-corrected chi connectivity index (χ4v) is 2.02. The van der Waals surface area contributed by atoms with Crippen molar-refractivity contribution in [2.45, 2.75) is 26.4 Å². The van der Waals surface area contributed by atoms with Crippen LogP contribution in [-0.2, 0) is 22.6 Å². The summed E-state index contributed by atoms with van der Waals surface area (Å²) < 4.78 is 4.67. The fraction of sp³-hybridized carbons (Fsp3) is 0.417. The summed E-state index contributed by atoms with van der Waals surface area (Å²) in [6, 6.07) is 1.97. The number of hydrogen-bond acceptors (Lipinski definition) is 4. The lowest BCUT2D eigenvalue weighted by molar-refractivity contribution is -0.136. The Morgan fingerprint density at radius 2 is 2.44 bits per heavy atom. The van der Waals surface area contributed by atoms with Crippen molar-refractivity contribution in [2.75, 3.05) is 6.61 Å². The predicted molar refractivity (Wildman–Crippen MR) is 63.0 cm³/mol. The maximum absolute atomic E-state index is 10.9. The molecule has 0 aliphatic heterocycles. The largest absolute Gasteiger partial charge is 0.456 e. The highest BCUT2D eigenvalue weighted by Crippen LogP contribution is 2.17. The standard InChI is InChI=1S/C12H14O3S/c1-2-15-12(14)6-4-3-5-10-7-8-16-11(10)9-13/h7-8,13H,2-3,5,9H2,1H3. The van der Waals surface area contributed by atoms with E-state index < -0.39 is 5.97 Å². The summed E-state index contributed by atoms with van der Waals surface area (Å²) in [4.78, 5) is 11.9. The molecule has 0 radical (unpaired) electrons. The molecule has 1 rings (SSSR count). The van der Waals surface area contributed by atoms with E-state index in [0.717, 1.165) is 16.9 Å². The maximum atomic E-state index is 10.9. The number of esters is 1. The molecule has 1 N–H and O–H groups in total. The van der Waals surface area contributed by atoms with Crippen LogP contribution in [0.2, 0.25) is 0 Å². The number of ether oxygens (including phenoxy) is 1. The quantitative estimate of drug-likeness (QED) is 0.494. The first kappa shape index (κ1) is 12.8. The molecule has 0 amide bonds. The van der Waals surface area contributed by atoms with Crippen molar-refractivity contribution in [1.82, 2.24) is 0 Å². The van der Waals surface area contributed by atoms with Gasteiger partial charge in [0.1, 0.15) is 0 Å². The second kappa shape index (κ2) is 7.04. The van der Waals surface area contributed by atoms with Crippen molar-refractivity contribution in [2.24, 2.45) is 0 Å². The lowest BCUT2D eigenvalue weighted by Crippen LogP contribution is -1.99. The van der Waals surface area contributed by atoms with E-state index in [1.807, 2.05) is 11.4 Å². The van der Waals surface area contributed by atoms with Gasteiger partial charge in [-0.1, -0.05) is 5.92 Å². The molecule has 0 bridgehead atoms. The van der Waals surface area contributed by atoms with Crippen LogP contribution in [0.1, 0.15) is 23.8 Å². The van der Waals surface area contributed by atoms with Crippen LogP contribution < -0.4 is 0 Å². The van der Waals surface area contributed by atoms with E-state index in [-0.39, 0.29) is 6.61 Å². The Labute approximate surface area is 99.1 Å². The minimum atomic E-state index is -0.477. The third-order valence-corrected chi connectivity index (χ3v) is 2.91. The molecule has 0 atom stereocenters. The topological polar surface area (TPSA) is 46.5 Å². The van der Waals surface area contributed by atoms with Gasteiger partial charge in [-0.2, -0.15) is 0 Å². The van der Waals surface area contributed by atoms with Crippen molar-refractivity contribution in [1.29, 1.82) is 0 Å². The first-order valence-corrected chi connectivity index (χ1v) is 5.97. The second-order valence-corrected chi connectivity index (χ2v) is 4.05. The molecule has 4 heteroatoms. The third-order valence-electron chi connectivity index (χ3n) is 1.97. The molecule has 0 saturated heterocycles. The second-order valence-electron chi connectivity index (χ2n) is 3.05. The molecule has 0 aromatic carbocycles. The van der Waals surface area contributed by atoms with Crippen molar-refractivity contribution >= 4 is 17.3 Å². The van der Waals surface area contributed by atoms with Gasteiger partial charge in [0.05, 0.1) is 13.2 Å². The third kappa shape index (κ3) is 4.05. The van der Waals surface area contributed by atoms with Crippen LogP contribution in [0.5, 0.6) is 0 Å². The number of aryl methyl sites for hydroxylation is 1. The SMILES string of the molecule is CCOC(=O)C#CCCc1ccsc1CO. The van der Waals surface area contributed by atoms with Gasteiger partial charge in [0.25, 0.3) is 0 Å². The number of rotatable bonds is 4. The number of carbonyl (C=O) groups excluding carboxylic acids is 1. The minimum absolute atomic E-state index is 0.0678. The van der Waals surface area contributed by atoms with Crippen LogP contribution in [0, 0.1) is 11.8 Å². The van der Waals surface area contributed by atoms with Crippen molar-refractivity contribution in [3.05, 3.63) is 21.9 Å². The zero-order valence-electron chi connectivity index (χ0n) is 9.16. The minimum Gasteiger partial charge on any atom is -0.456 e. The molecular weight excluding hydrogens is 224 g/mol. The Bertz CT molecular complexity index is 398. The lowest BCUT2D eigenvalue weighted by Gasteiger charge is -1.96. The average molecular weight is 238 g/mol. The summed E-state index contributed by atoms with van der Waals surface area (Å²) >= 11 is 1.53. The predicted octanol–water partition coefficient (Wildman–Crippen LogP) is 1.74. The monoisotopic (exact) mass is 238 g/mol. The van der Waals surface area contributed by atoms with Gasteiger partial charge in [-0.3, -0.25) is 0 Å². The highest BCUT2D eigenvalue weighted by molar-refractivity contribution is 7.10. The summed E-state index contributed by atoms with van der Waals surface area (Å²) in [6.45, 7) is 2.17. The highest BCUT2D eigenvalue weighted by Gasteiger charge is 2.01. The van der Waals surface area contributed by atoms with Crippen LogP contribution in [0.3, 0.4) is 0 Å². The van der Waals surface area contributed by atoms with Gasteiger partial charge in [-0.05, 0) is 30.4 Å². The zero-order chi connectivity index (χ0) is 11.8. The first-order valence-electron chi connectivity index (χ1n) is 5.09. The van der Waals surface area contributed by atoms with Crippen LogP contribution >= 0.6 is 11.3 Å². The molecular formula is C12H14O3S. The molecule has 3 nitrogen and oxygen atoms in total. The molecule has 1 aromatic rings. The molecule has 1 aromatic heterocycles. The summed E-state index contributed by atoms with van der Waals surface area (Å²) in [5, 5.41) is 11.0. The molecule has 0 spiro atoms. The smallest absolute Gasteiger partial charge is 0.384 e. The molecule has 0 aliphatic rings. The van der Waals surface area contributed by atoms with Gasteiger partial charge in [0, 0.05) is 17.2 Å². The molecule has 0 aliphatic carbocycles. The number of thiophene rings is 1. The molecule has 0 unspecified atom stereocenters. The summed E-state index contributed by atoms with van der Waals surface area (Å²) in [5.41, 5.74) is 1.10. The molecule has 86 valence electrons. The van der Waals surface area contributed by atoms with Crippen molar-refractivity contribution in [3.8, 4) is 11.8 Å². The summed E-state index contributed by atoms with van der Waals surface area (Å²) in [5.74, 6) is 4.69. The maximum Gasteiger partial charge on any atom is 0.384 e. The van der Waals surface area contributed by atoms with E-state index in [4.69, 9.17) is 5.11 Å². The van der Waals surface area contributed by atoms with Gasteiger partial charge in [-0.15, -0.1) is 11.3 Å². The Hall–Kier alpha value is -1.31. The van der Waals surface area contributed by atoms with E-state index in [1.54, 1.807) is 6.92 Å². The highest BCUT2D eigenvalue weighted by atomic mass is 32.1. The van der Waals surface area contributed by atoms with E-state index >= 15 is 0 Å². The molecule has 16 heavy (non-hydrogen) atoms. The zero-order valence-corrected chi connectivity index (χ0v) is 9.97. The van der Waals surface area contributed by atoms with Gasteiger partial charge in [0.15, 0.2) is 0 Å². The number of aliphatic hydroxyl groups is 1. The Kier molecular flexibility index (Phi) is 5.62. The van der Waals surface area contributed by atoms with E-state index in [0.29, 0.717) is 13.0 Å². The van der Waals surface area contributed by atoms with Crippen LogP contribution in [-0.4, -0.2) is 17.7 Å². The van der Waals surface area contributed by atoms with E-state index in [9.17, 15) is 4.79 Å². The van der Waals surface area contributed by atoms with Gasteiger partial charge in [-0.25, -0.2) is 4.79 Å². The first-order chi connectivity index (χ1) is 7.77. The van der Waals surface area contributed by atoms with Crippen LogP contribution in [0.15, 0.2) is 11.4 Å². The van der Waals surface area contributed by atoms with Gasteiger partial charge >= 0.3 is 5.97 Å². The van der Waals surface area contributed by atoms with E-state index in [1.165, 1.54) is 11.3 Å². The summed E-state index contributed by atoms with van der Waals surface area (Å²) in [6.07, 6.45) is 1.36. The average Bonchev–Trinajstić information content (AvgIpc) is 2.72. The van der Waals surface area contributed by atoms with Gasteiger partial charge in [0.2, 0.25) is 0 Å². The number of aliphatic hydroxyl groups excluding tert-OH is 1. The Morgan fingerprint density at radius 3 is 3.12 bits per heavy atom. The molecule has 1 heterocycles. The summed E-state index contributed by atoms with van der Waals surface area (Å²) in [7, 11) is 0.